The SMILES string of the molecule is CCCc1c(Cc2ccc(-c3ccccc3C#N)cc2)c(=O)n(CC(OC)C(C)(C)C)c2nc(C)nn12. The molecule has 2 aromatic heterocycles. The molecule has 0 amide bonds. The first-order valence-corrected chi connectivity index (χ1v) is 12.8. The summed E-state index contributed by atoms with van der Waals surface area (Å²) in [6.45, 7) is 10.7. The molecule has 4 rings (SSSR count). The number of fused-ring (bicyclic) bond motifs is 1. The second kappa shape index (κ2) is 10.7. The lowest BCUT2D eigenvalue weighted by Gasteiger charge is -2.30. The highest BCUT2D eigenvalue weighted by Crippen LogP contribution is 2.26. The predicted octanol–water partition coefficient (Wildman–Crippen LogP) is 5.34. The van der Waals surface area contributed by atoms with Crippen LogP contribution in [0.5, 0.6) is 0 Å². The summed E-state index contributed by atoms with van der Waals surface area (Å²) in [6.07, 6.45) is 1.92. The molecule has 0 aliphatic rings. The van der Waals surface area contributed by atoms with E-state index in [4.69, 9.17) is 4.74 Å². The summed E-state index contributed by atoms with van der Waals surface area (Å²) in [5.41, 5.74) is 4.97. The number of benzene rings is 2. The molecule has 7 heteroatoms. The summed E-state index contributed by atoms with van der Waals surface area (Å²) in [5.74, 6) is 1.19. The predicted molar refractivity (Wildman–Crippen MR) is 146 cm³/mol. The molecule has 0 bridgehead atoms. The van der Waals surface area contributed by atoms with Crippen LogP contribution in [0.25, 0.3) is 16.9 Å². The molecular formula is C30H35N5O2. The lowest BCUT2D eigenvalue weighted by molar-refractivity contribution is 0.00436. The van der Waals surface area contributed by atoms with Gasteiger partial charge >= 0.3 is 0 Å². The lowest BCUT2D eigenvalue weighted by Crippen LogP contribution is -2.38. The Labute approximate surface area is 218 Å². The van der Waals surface area contributed by atoms with Crippen LogP contribution in [-0.4, -0.2) is 32.4 Å². The van der Waals surface area contributed by atoms with Crippen molar-refractivity contribution in [3.8, 4) is 17.2 Å². The van der Waals surface area contributed by atoms with Gasteiger partial charge in [-0.2, -0.15) is 15.3 Å². The molecule has 0 N–H and O–H groups in total. The zero-order valence-corrected chi connectivity index (χ0v) is 22.6. The number of aryl methyl sites for hydroxylation is 2. The smallest absolute Gasteiger partial charge is 0.258 e. The molecule has 1 atom stereocenters. The fraction of sp³-hybridized carbons (Fsp3) is 0.400. The van der Waals surface area contributed by atoms with Gasteiger partial charge in [0.15, 0.2) is 0 Å². The van der Waals surface area contributed by atoms with E-state index in [0.29, 0.717) is 30.1 Å². The Morgan fingerprint density at radius 1 is 1.11 bits per heavy atom. The molecule has 0 saturated heterocycles. The molecule has 0 fully saturated rings. The second-order valence-electron chi connectivity index (χ2n) is 10.6. The molecule has 2 heterocycles. The van der Waals surface area contributed by atoms with E-state index in [9.17, 15) is 10.1 Å². The van der Waals surface area contributed by atoms with Crippen LogP contribution in [0, 0.1) is 23.7 Å². The first-order valence-electron chi connectivity index (χ1n) is 12.8. The van der Waals surface area contributed by atoms with Crippen molar-refractivity contribution in [1.82, 2.24) is 19.2 Å². The van der Waals surface area contributed by atoms with Crippen LogP contribution in [0.4, 0.5) is 0 Å². The van der Waals surface area contributed by atoms with Gasteiger partial charge in [0.05, 0.1) is 30.0 Å². The Hall–Kier alpha value is -3.76. The Morgan fingerprint density at radius 2 is 1.81 bits per heavy atom. The standard InChI is InChI=1S/C30H35N5O2/c1-7-10-26-25(17-21-13-15-22(16-14-21)24-12-9-8-11-23(24)18-31)28(36)34(19-27(37-6)30(3,4)5)29-32-20(2)33-35(26)29/h8-9,11-16,27H,7,10,17,19H2,1-6H3. The monoisotopic (exact) mass is 497 g/mol. The van der Waals surface area contributed by atoms with Gasteiger partial charge in [0.2, 0.25) is 5.78 Å². The third kappa shape index (κ3) is 5.35. The van der Waals surface area contributed by atoms with Crippen molar-refractivity contribution in [2.45, 2.75) is 66.5 Å². The van der Waals surface area contributed by atoms with Crippen molar-refractivity contribution in [3.05, 3.63) is 87.1 Å². The number of methoxy groups -OCH3 is 1. The second-order valence-corrected chi connectivity index (χ2v) is 10.6. The van der Waals surface area contributed by atoms with Crippen LogP contribution in [0.2, 0.25) is 0 Å². The highest BCUT2D eigenvalue weighted by Gasteiger charge is 2.28. The summed E-state index contributed by atoms with van der Waals surface area (Å²) in [7, 11) is 1.69. The molecule has 37 heavy (non-hydrogen) atoms. The van der Waals surface area contributed by atoms with Gasteiger partial charge in [0, 0.05) is 19.1 Å². The zero-order valence-electron chi connectivity index (χ0n) is 22.6. The van der Waals surface area contributed by atoms with E-state index in [0.717, 1.165) is 40.8 Å². The highest BCUT2D eigenvalue weighted by atomic mass is 16.5. The largest absolute Gasteiger partial charge is 0.379 e. The zero-order chi connectivity index (χ0) is 26.7. The highest BCUT2D eigenvalue weighted by molar-refractivity contribution is 5.70. The average molecular weight is 498 g/mol. The Bertz CT molecular complexity index is 1500. The molecule has 0 spiro atoms. The van der Waals surface area contributed by atoms with Crippen LogP contribution in [0.15, 0.2) is 53.3 Å². The summed E-state index contributed by atoms with van der Waals surface area (Å²) in [6, 6.07) is 17.9. The van der Waals surface area contributed by atoms with Crippen LogP contribution >= 0.6 is 0 Å². The number of rotatable bonds is 8. The van der Waals surface area contributed by atoms with E-state index in [1.165, 1.54) is 0 Å². The van der Waals surface area contributed by atoms with Gasteiger partial charge < -0.3 is 4.74 Å². The van der Waals surface area contributed by atoms with Crippen molar-refractivity contribution in [2.75, 3.05) is 7.11 Å². The van der Waals surface area contributed by atoms with Gasteiger partial charge in [0.25, 0.3) is 5.56 Å². The molecule has 2 aromatic carbocycles. The minimum absolute atomic E-state index is 0.0476. The third-order valence-electron chi connectivity index (χ3n) is 6.82. The van der Waals surface area contributed by atoms with Crippen molar-refractivity contribution >= 4 is 5.78 Å². The van der Waals surface area contributed by atoms with Crippen molar-refractivity contribution in [3.63, 3.8) is 0 Å². The molecule has 192 valence electrons. The van der Waals surface area contributed by atoms with Crippen LogP contribution < -0.4 is 5.56 Å². The normalized spacial score (nSPS) is 12.6. The molecule has 4 aromatic rings. The van der Waals surface area contributed by atoms with Crippen LogP contribution in [0.3, 0.4) is 0 Å². The number of aromatic nitrogens is 4. The minimum Gasteiger partial charge on any atom is -0.379 e. The summed E-state index contributed by atoms with van der Waals surface area (Å²) < 4.78 is 9.38. The Kier molecular flexibility index (Phi) is 7.60. The molecule has 1 unspecified atom stereocenters. The Morgan fingerprint density at radius 3 is 2.43 bits per heavy atom. The topological polar surface area (TPSA) is 85.2 Å². The lowest BCUT2D eigenvalue weighted by atomic mass is 9.89. The van der Waals surface area contributed by atoms with E-state index >= 15 is 0 Å². The van der Waals surface area contributed by atoms with Gasteiger partial charge in [0.1, 0.15) is 5.82 Å². The van der Waals surface area contributed by atoms with Gasteiger partial charge in [-0.15, -0.1) is 0 Å². The molecular weight excluding hydrogens is 462 g/mol. The quantitative estimate of drug-likeness (QED) is 0.328. The van der Waals surface area contributed by atoms with E-state index < -0.39 is 0 Å². The van der Waals surface area contributed by atoms with Gasteiger partial charge in [-0.1, -0.05) is 76.6 Å². The molecule has 0 aliphatic carbocycles. The van der Waals surface area contributed by atoms with Crippen molar-refractivity contribution in [2.24, 2.45) is 5.41 Å². The van der Waals surface area contributed by atoms with Crippen LogP contribution in [0.1, 0.15) is 62.3 Å². The van der Waals surface area contributed by atoms with Gasteiger partial charge in [-0.25, -0.2) is 4.52 Å². The van der Waals surface area contributed by atoms with Crippen molar-refractivity contribution < 1.29 is 4.74 Å². The summed E-state index contributed by atoms with van der Waals surface area (Å²) in [5, 5.41) is 14.2. The molecule has 0 saturated carbocycles. The molecule has 0 aliphatic heterocycles. The number of ether oxygens (including phenoxy) is 1. The number of nitrogens with zero attached hydrogens (tertiary/aromatic N) is 5. The summed E-state index contributed by atoms with van der Waals surface area (Å²) in [4.78, 5) is 18.7. The van der Waals surface area contributed by atoms with Crippen molar-refractivity contribution in [1.29, 1.82) is 5.26 Å². The maximum atomic E-state index is 14.0. The average Bonchev–Trinajstić information content (AvgIpc) is 3.26. The van der Waals surface area contributed by atoms with E-state index in [1.54, 1.807) is 11.7 Å². The van der Waals surface area contributed by atoms with Gasteiger partial charge in [-0.05, 0) is 41.5 Å². The van der Waals surface area contributed by atoms with Gasteiger partial charge in [-0.3, -0.25) is 9.36 Å². The maximum absolute atomic E-state index is 14.0. The minimum atomic E-state index is -0.171. The van der Waals surface area contributed by atoms with E-state index in [2.05, 4.69) is 43.8 Å². The fourth-order valence-corrected chi connectivity index (χ4v) is 4.81. The number of nitriles is 1. The summed E-state index contributed by atoms with van der Waals surface area (Å²) >= 11 is 0. The first kappa shape index (κ1) is 26.3. The van der Waals surface area contributed by atoms with Crippen LogP contribution in [-0.2, 0) is 24.1 Å². The number of hydrogen-bond acceptors (Lipinski definition) is 5. The number of hydrogen-bond donors (Lipinski definition) is 0. The first-order chi connectivity index (χ1) is 17.7. The van der Waals surface area contributed by atoms with E-state index in [-0.39, 0.29) is 17.1 Å². The molecule has 0 radical (unpaired) electrons. The Balaban J connectivity index is 1.81. The third-order valence-corrected chi connectivity index (χ3v) is 6.82. The molecule has 7 nitrogen and oxygen atoms in total. The van der Waals surface area contributed by atoms with E-state index in [1.807, 2.05) is 60.0 Å². The maximum Gasteiger partial charge on any atom is 0.258 e. The fourth-order valence-electron chi connectivity index (χ4n) is 4.81.